The molecule has 4 nitrogen and oxygen atoms in total. The molecule has 2 atom stereocenters. The molecule has 0 aromatic heterocycles. The predicted octanol–water partition coefficient (Wildman–Crippen LogP) is 0.0662. The molecule has 1 N–H and O–H groups in total. The lowest BCUT2D eigenvalue weighted by atomic mass is 9.98. The van der Waals surface area contributed by atoms with Gasteiger partial charge in [0.05, 0.1) is 6.61 Å². The molecular formula is C9H14FNO3. The lowest BCUT2D eigenvalue weighted by Gasteiger charge is -2.11. The van der Waals surface area contributed by atoms with Gasteiger partial charge >= 0.3 is 5.97 Å². The summed E-state index contributed by atoms with van der Waals surface area (Å²) >= 11 is 0. The number of hydrogen-bond acceptors (Lipinski definition) is 4. The van der Waals surface area contributed by atoms with E-state index in [4.69, 9.17) is 4.74 Å². The lowest BCUT2D eigenvalue weighted by Crippen LogP contribution is -2.33. The van der Waals surface area contributed by atoms with E-state index in [1.165, 1.54) is 0 Å². The van der Waals surface area contributed by atoms with Gasteiger partial charge in [0.2, 0.25) is 0 Å². The standard InChI is InChI=1S/C9H14FNO3/c1-2-14-9(13)6-3-4-11-5-7(10)8(6)12/h6-7,11H,2-5H2,1H3. The second-order valence-electron chi connectivity index (χ2n) is 3.17. The van der Waals surface area contributed by atoms with Crippen molar-refractivity contribution in [1.29, 1.82) is 0 Å². The summed E-state index contributed by atoms with van der Waals surface area (Å²) in [4.78, 5) is 22.6. The van der Waals surface area contributed by atoms with Crippen molar-refractivity contribution in [1.82, 2.24) is 5.32 Å². The molecule has 1 aliphatic heterocycles. The number of alkyl halides is 1. The molecule has 1 rings (SSSR count). The number of ketones is 1. The zero-order chi connectivity index (χ0) is 10.6. The normalized spacial score (nSPS) is 28.3. The van der Waals surface area contributed by atoms with Gasteiger partial charge in [-0.2, -0.15) is 0 Å². The zero-order valence-corrected chi connectivity index (χ0v) is 8.09. The van der Waals surface area contributed by atoms with Crippen LogP contribution in [0.1, 0.15) is 13.3 Å². The first-order valence-corrected chi connectivity index (χ1v) is 4.72. The number of halogens is 1. The molecule has 14 heavy (non-hydrogen) atoms. The van der Waals surface area contributed by atoms with Crippen LogP contribution in [0.25, 0.3) is 0 Å². The van der Waals surface area contributed by atoms with Crippen molar-refractivity contribution in [3.63, 3.8) is 0 Å². The molecule has 0 bridgehead atoms. The maximum atomic E-state index is 13.1. The largest absolute Gasteiger partial charge is 0.465 e. The van der Waals surface area contributed by atoms with Crippen LogP contribution in [0.5, 0.6) is 0 Å². The van der Waals surface area contributed by atoms with Crippen molar-refractivity contribution in [2.75, 3.05) is 19.7 Å². The molecule has 0 aliphatic carbocycles. The molecule has 1 saturated heterocycles. The van der Waals surface area contributed by atoms with Crippen LogP contribution in [0.2, 0.25) is 0 Å². The Labute approximate surface area is 81.8 Å². The third kappa shape index (κ3) is 2.51. The number of rotatable bonds is 2. The van der Waals surface area contributed by atoms with Gasteiger partial charge in [0.15, 0.2) is 12.0 Å². The molecule has 1 heterocycles. The minimum atomic E-state index is -1.59. The fourth-order valence-corrected chi connectivity index (χ4v) is 1.41. The van der Waals surface area contributed by atoms with Crippen LogP contribution in [-0.2, 0) is 14.3 Å². The predicted molar refractivity (Wildman–Crippen MR) is 47.5 cm³/mol. The summed E-state index contributed by atoms with van der Waals surface area (Å²) < 4.78 is 17.8. The summed E-state index contributed by atoms with van der Waals surface area (Å²) in [6, 6.07) is 0. The quantitative estimate of drug-likeness (QED) is 0.509. The van der Waals surface area contributed by atoms with Crippen molar-refractivity contribution < 1.29 is 18.7 Å². The Balaban J connectivity index is 2.64. The average molecular weight is 203 g/mol. The van der Waals surface area contributed by atoms with Crippen molar-refractivity contribution in [3.8, 4) is 0 Å². The SMILES string of the molecule is CCOC(=O)C1CCNCC(F)C1=O. The van der Waals surface area contributed by atoms with E-state index < -0.39 is 23.8 Å². The average Bonchev–Trinajstić information content (AvgIpc) is 2.31. The number of carbonyl (C=O) groups excluding carboxylic acids is 2. The Morgan fingerprint density at radius 3 is 3.07 bits per heavy atom. The van der Waals surface area contributed by atoms with Crippen LogP contribution in [-0.4, -0.2) is 37.6 Å². The first-order chi connectivity index (χ1) is 6.66. The van der Waals surface area contributed by atoms with E-state index in [0.29, 0.717) is 13.0 Å². The maximum absolute atomic E-state index is 13.1. The Morgan fingerprint density at radius 1 is 1.71 bits per heavy atom. The third-order valence-electron chi connectivity index (χ3n) is 2.16. The van der Waals surface area contributed by atoms with Crippen LogP contribution in [0.3, 0.4) is 0 Å². The summed E-state index contributed by atoms with van der Waals surface area (Å²) in [5, 5.41) is 2.75. The molecule has 80 valence electrons. The summed E-state index contributed by atoms with van der Waals surface area (Å²) in [6.07, 6.45) is -1.27. The minimum absolute atomic E-state index is 0.00522. The van der Waals surface area contributed by atoms with Gasteiger partial charge in [-0.1, -0.05) is 0 Å². The highest BCUT2D eigenvalue weighted by molar-refractivity contribution is 6.01. The minimum Gasteiger partial charge on any atom is -0.465 e. The summed E-state index contributed by atoms with van der Waals surface area (Å²) in [6.45, 7) is 2.33. The van der Waals surface area contributed by atoms with Gasteiger partial charge < -0.3 is 10.1 Å². The maximum Gasteiger partial charge on any atom is 0.316 e. The Hall–Kier alpha value is -0.970. The first kappa shape index (κ1) is 11.1. The van der Waals surface area contributed by atoms with Gasteiger partial charge in [-0.25, -0.2) is 4.39 Å². The van der Waals surface area contributed by atoms with E-state index in [2.05, 4.69) is 5.32 Å². The molecule has 0 amide bonds. The van der Waals surface area contributed by atoms with E-state index in [9.17, 15) is 14.0 Å². The summed E-state index contributed by atoms with van der Waals surface area (Å²) in [5.41, 5.74) is 0. The molecule has 2 unspecified atom stereocenters. The number of Topliss-reactive ketones (excluding diaryl/α,β-unsaturated/α-hetero) is 1. The van der Waals surface area contributed by atoms with Crippen LogP contribution in [0.4, 0.5) is 4.39 Å². The number of ether oxygens (including phenoxy) is 1. The smallest absolute Gasteiger partial charge is 0.316 e. The second kappa shape index (κ2) is 5.05. The molecule has 1 aliphatic rings. The van der Waals surface area contributed by atoms with Gasteiger partial charge in [0.1, 0.15) is 5.92 Å². The summed E-state index contributed by atoms with van der Waals surface area (Å²) in [5.74, 6) is -2.20. The van der Waals surface area contributed by atoms with Gasteiger partial charge in [-0.05, 0) is 19.9 Å². The van der Waals surface area contributed by atoms with Crippen LogP contribution < -0.4 is 5.32 Å². The molecule has 5 heteroatoms. The van der Waals surface area contributed by atoms with Gasteiger partial charge in [0, 0.05) is 6.54 Å². The van der Waals surface area contributed by atoms with Crippen LogP contribution in [0.15, 0.2) is 0 Å². The number of nitrogens with one attached hydrogen (secondary N) is 1. The van der Waals surface area contributed by atoms with Crippen LogP contribution in [0, 0.1) is 5.92 Å². The van der Waals surface area contributed by atoms with Gasteiger partial charge in [-0.3, -0.25) is 9.59 Å². The molecule has 0 aromatic rings. The molecule has 1 fully saturated rings. The Kier molecular flexibility index (Phi) is 4.00. The Morgan fingerprint density at radius 2 is 2.43 bits per heavy atom. The molecular weight excluding hydrogens is 189 g/mol. The zero-order valence-electron chi connectivity index (χ0n) is 8.09. The second-order valence-corrected chi connectivity index (χ2v) is 3.17. The fourth-order valence-electron chi connectivity index (χ4n) is 1.41. The van der Waals surface area contributed by atoms with Gasteiger partial charge in [0.25, 0.3) is 0 Å². The lowest BCUT2D eigenvalue weighted by molar-refractivity contribution is -0.152. The summed E-state index contributed by atoms with van der Waals surface area (Å²) in [7, 11) is 0. The Bertz CT molecular complexity index is 232. The van der Waals surface area contributed by atoms with E-state index in [0.717, 1.165) is 0 Å². The van der Waals surface area contributed by atoms with Crippen molar-refractivity contribution in [2.24, 2.45) is 5.92 Å². The number of esters is 1. The van der Waals surface area contributed by atoms with E-state index in [1.807, 2.05) is 0 Å². The van der Waals surface area contributed by atoms with Crippen molar-refractivity contribution in [2.45, 2.75) is 19.5 Å². The topological polar surface area (TPSA) is 55.4 Å². The van der Waals surface area contributed by atoms with E-state index >= 15 is 0 Å². The molecule has 0 spiro atoms. The molecule has 0 aromatic carbocycles. The number of hydrogen-bond donors (Lipinski definition) is 1. The van der Waals surface area contributed by atoms with Crippen molar-refractivity contribution in [3.05, 3.63) is 0 Å². The number of carbonyl (C=O) groups is 2. The van der Waals surface area contributed by atoms with Gasteiger partial charge in [-0.15, -0.1) is 0 Å². The highest BCUT2D eigenvalue weighted by Crippen LogP contribution is 2.14. The van der Waals surface area contributed by atoms with E-state index in [-0.39, 0.29) is 13.2 Å². The highest BCUT2D eigenvalue weighted by atomic mass is 19.1. The molecule has 0 radical (unpaired) electrons. The highest BCUT2D eigenvalue weighted by Gasteiger charge is 2.34. The monoisotopic (exact) mass is 203 g/mol. The third-order valence-corrected chi connectivity index (χ3v) is 2.16. The van der Waals surface area contributed by atoms with Crippen LogP contribution >= 0.6 is 0 Å². The molecule has 0 saturated carbocycles. The van der Waals surface area contributed by atoms with Crippen molar-refractivity contribution >= 4 is 11.8 Å². The first-order valence-electron chi connectivity index (χ1n) is 4.72. The fraction of sp³-hybridized carbons (Fsp3) is 0.778. The van der Waals surface area contributed by atoms with E-state index in [1.54, 1.807) is 6.92 Å².